The van der Waals surface area contributed by atoms with E-state index < -0.39 is 21.7 Å². The van der Waals surface area contributed by atoms with E-state index in [1.165, 1.54) is 22.5 Å². The van der Waals surface area contributed by atoms with Crippen molar-refractivity contribution in [3.8, 4) is 0 Å². The lowest BCUT2D eigenvalue weighted by molar-refractivity contribution is 0.0687. The Kier molecular flexibility index (Phi) is 3.77. The van der Waals surface area contributed by atoms with E-state index in [0.717, 1.165) is 11.3 Å². The van der Waals surface area contributed by atoms with Gasteiger partial charge in [0.25, 0.3) is 10.0 Å². The van der Waals surface area contributed by atoms with E-state index in [4.69, 9.17) is 5.11 Å². The van der Waals surface area contributed by atoms with Gasteiger partial charge < -0.3 is 5.11 Å². The van der Waals surface area contributed by atoms with Gasteiger partial charge in [0, 0.05) is 12.1 Å². The summed E-state index contributed by atoms with van der Waals surface area (Å²) >= 11 is 0.749. The van der Waals surface area contributed by atoms with E-state index in [2.05, 4.69) is 14.8 Å². The summed E-state index contributed by atoms with van der Waals surface area (Å²) in [5.41, 5.74) is 0.690. The van der Waals surface area contributed by atoms with E-state index >= 15 is 0 Å². The Hall–Kier alpha value is -1.94. The maximum absolute atomic E-state index is 12.2. The number of anilines is 1. The molecule has 0 bridgehead atoms. The van der Waals surface area contributed by atoms with Gasteiger partial charge in [-0.1, -0.05) is 0 Å². The average molecular weight is 316 g/mol. The molecule has 0 aromatic carbocycles. The molecule has 0 saturated carbocycles. The number of carboxylic acid groups (broad SMARTS) is 1. The third kappa shape index (κ3) is 2.65. The van der Waals surface area contributed by atoms with Crippen molar-refractivity contribution in [2.75, 3.05) is 4.72 Å². The molecule has 0 atom stereocenters. The van der Waals surface area contributed by atoms with Gasteiger partial charge in [0.15, 0.2) is 9.90 Å². The first-order valence-electron chi connectivity index (χ1n) is 5.56. The standard InChI is InChI=1S/C10H12N4O4S2/c1-6(2)14-7(3-4-12-14)13-20(17,18)10-8(9(15)16)11-5-19-10/h3-6,13H,1-2H3,(H,15,16). The molecule has 0 saturated heterocycles. The van der Waals surface area contributed by atoms with Crippen LogP contribution in [0.3, 0.4) is 0 Å². The first-order valence-corrected chi connectivity index (χ1v) is 7.92. The summed E-state index contributed by atoms with van der Waals surface area (Å²) in [6.45, 7) is 3.69. The molecule has 0 amide bonds. The zero-order chi connectivity index (χ0) is 14.9. The number of thiazole rings is 1. The highest BCUT2D eigenvalue weighted by molar-refractivity contribution is 7.94. The number of nitrogens with zero attached hydrogens (tertiary/aromatic N) is 3. The second-order valence-electron chi connectivity index (χ2n) is 4.15. The molecule has 2 aromatic rings. The Labute approximate surface area is 119 Å². The molecule has 0 aliphatic heterocycles. The van der Waals surface area contributed by atoms with Gasteiger partial charge in [-0.15, -0.1) is 11.3 Å². The fourth-order valence-electron chi connectivity index (χ4n) is 1.56. The predicted molar refractivity (Wildman–Crippen MR) is 72.5 cm³/mol. The molecule has 20 heavy (non-hydrogen) atoms. The Balaban J connectivity index is 2.39. The lowest BCUT2D eigenvalue weighted by atomic mass is 10.4. The average Bonchev–Trinajstić information content (AvgIpc) is 2.94. The Morgan fingerprint density at radius 3 is 2.80 bits per heavy atom. The smallest absolute Gasteiger partial charge is 0.356 e. The topological polar surface area (TPSA) is 114 Å². The molecule has 0 aliphatic rings. The molecule has 0 spiro atoms. The summed E-state index contributed by atoms with van der Waals surface area (Å²) in [5.74, 6) is -1.12. The molecule has 0 aliphatic carbocycles. The summed E-state index contributed by atoms with van der Waals surface area (Å²) in [7, 11) is -4.01. The van der Waals surface area contributed by atoms with Crippen LogP contribution in [0.4, 0.5) is 5.82 Å². The van der Waals surface area contributed by atoms with Crippen molar-refractivity contribution in [1.82, 2.24) is 14.8 Å². The van der Waals surface area contributed by atoms with Crippen LogP contribution < -0.4 is 4.72 Å². The summed E-state index contributed by atoms with van der Waals surface area (Å²) in [4.78, 5) is 14.5. The minimum atomic E-state index is -4.01. The van der Waals surface area contributed by atoms with Gasteiger partial charge in [0.2, 0.25) is 0 Å². The van der Waals surface area contributed by atoms with Crippen LogP contribution in [-0.2, 0) is 10.0 Å². The number of hydrogen-bond donors (Lipinski definition) is 2. The van der Waals surface area contributed by atoms with Crippen molar-refractivity contribution in [2.45, 2.75) is 24.1 Å². The monoisotopic (exact) mass is 316 g/mol. The van der Waals surface area contributed by atoms with Crippen molar-refractivity contribution in [2.24, 2.45) is 0 Å². The fourth-order valence-corrected chi connectivity index (χ4v) is 3.75. The molecule has 2 N–H and O–H groups in total. The number of aromatic carboxylic acids is 1. The largest absolute Gasteiger partial charge is 0.476 e. The van der Waals surface area contributed by atoms with Crippen molar-refractivity contribution < 1.29 is 18.3 Å². The first-order chi connectivity index (χ1) is 9.33. The Morgan fingerprint density at radius 1 is 1.50 bits per heavy atom. The van der Waals surface area contributed by atoms with Crippen LogP contribution in [0.1, 0.15) is 30.4 Å². The molecular formula is C10H12N4O4S2. The number of aromatic nitrogens is 3. The maximum Gasteiger partial charge on any atom is 0.356 e. The highest BCUT2D eigenvalue weighted by atomic mass is 32.2. The third-order valence-electron chi connectivity index (χ3n) is 2.38. The van der Waals surface area contributed by atoms with E-state index in [1.54, 1.807) is 0 Å². The second kappa shape index (κ2) is 5.21. The first kappa shape index (κ1) is 14.5. The number of rotatable bonds is 5. The number of nitrogens with one attached hydrogen (secondary N) is 1. The van der Waals surface area contributed by atoms with Gasteiger partial charge in [-0.05, 0) is 13.8 Å². The number of sulfonamides is 1. The van der Waals surface area contributed by atoms with E-state index in [-0.39, 0.29) is 16.1 Å². The summed E-state index contributed by atoms with van der Waals surface area (Å²) in [6, 6.07) is 1.46. The number of carboxylic acids is 1. The zero-order valence-corrected chi connectivity index (χ0v) is 12.3. The molecule has 0 radical (unpaired) electrons. The maximum atomic E-state index is 12.2. The van der Waals surface area contributed by atoms with Gasteiger partial charge in [0.05, 0.1) is 11.7 Å². The van der Waals surface area contributed by atoms with E-state index in [9.17, 15) is 13.2 Å². The van der Waals surface area contributed by atoms with Crippen LogP contribution in [0.15, 0.2) is 22.0 Å². The van der Waals surface area contributed by atoms with Crippen LogP contribution in [-0.4, -0.2) is 34.3 Å². The third-order valence-corrected chi connectivity index (χ3v) is 5.10. The molecule has 2 aromatic heterocycles. The summed E-state index contributed by atoms with van der Waals surface area (Å²) in [6.07, 6.45) is 1.46. The minimum Gasteiger partial charge on any atom is -0.476 e. The highest BCUT2D eigenvalue weighted by Crippen LogP contribution is 2.24. The normalized spacial score (nSPS) is 11.8. The van der Waals surface area contributed by atoms with Crippen LogP contribution >= 0.6 is 11.3 Å². The summed E-state index contributed by atoms with van der Waals surface area (Å²) < 4.78 is 27.9. The summed E-state index contributed by atoms with van der Waals surface area (Å²) in [5, 5.41) is 12.9. The van der Waals surface area contributed by atoms with Crippen LogP contribution in [0, 0.1) is 0 Å². The van der Waals surface area contributed by atoms with E-state index in [0.29, 0.717) is 0 Å². The molecule has 0 fully saturated rings. The highest BCUT2D eigenvalue weighted by Gasteiger charge is 2.26. The molecule has 0 unspecified atom stereocenters. The van der Waals surface area contributed by atoms with Crippen molar-refractivity contribution >= 4 is 33.1 Å². The predicted octanol–water partition coefficient (Wildman–Crippen LogP) is 1.42. The van der Waals surface area contributed by atoms with Crippen LogP contribution in [0.5, 0.6) is 0 Å². The van der Waals surface area contributed by atoms with Crippen molar-refractivity contribution in [3.05, 3.63) is 23.5 Å². The molecular weight excluding hydrogens is 304 g/mol. The molecule has 108 valence electrons. The fraction of sp³-hybridized carbons (Fsp3) is 0.300. The van der Waals surface area contributed by atoms with E-state index in [1.807, 2.05) is 13.8 Å². The Bertz CT molecular complexity index is 732. The minimum absolute atomic E-state index is 0.0388. The molecule has 10 heteroatoms. The molecule has 2 rings (SSSR count). The Morgan fingerprint density at radius 2 is 2.20 bits per heavy atom. The quantitative estimate of drug-likeness (QED) is 0.862. The van der Waals surface area contributed by atoms with Gasteiger partial charge in [0.1, 0.15) is 5.82 Å². The number of carbonyl (C=O) groups is 1. The molecule has 8 nitrogen and oxygen atoms in total. The zero-order valence-electron chi connectivity index (χ0n) is 10.6. The lowest BCUT2D eigenvalue weighted by Crippen LogP contribution is -2.18. The van der Waals surface area contributed by atoms with Gasteiger partial charge in [-0.2, -0.15) is 5.10 Å². The van der Waals surface area contributed by atoms with Gasteiger partial charge in [-0.3, -0.25) is 4.72 Å². The number of hydrogen-bond acceptors (Lipinski definition) is 6. The van der Waals surface area contributed by atoms with Crippen LogP contribution in [0.25, 0.3) is 0 Å². The van der Waals surface area contributed by atoms with Crippen molar-refractivity contribution in [1.29, 1.82) is 0 Å². The lowest BCUT2D eigenvalue weighted by Gasteiger charge is -2.12. The molecule has 2 heterocycles. The van der Waals surface area contributed by atoms with Gasteiger partial charge in [-0.25, -0.2) is 22.9 Å². The van der Waals surface area contributed by atoms with Crippen LogP contribution in [0.2, 0.25) is 0 Å². The SMILES string of the molecule is CC(C)n1nccc1NS(=O)(=O)c1scnc1C(=O)O. The second-order valence-corrected chi connectivity index (χ2v) is 6.89. The van der Waals surface area contributed by atoms with Gasteiger partial charge >= 0.3 is 5.97 Å². The van der Waals surface area contributed by atoms with Crippen molar-refractivity contribution in [3.63, 3.8) is 0 Å².